The van der Waals surface area contributed by atoms with Crippen LogP contribution in [0.4, 0.5) is 19.3 Å². The smallest absolute Gasteiger partial charge is 0.319 e. The van der Waals surface area contributed by atoms with Gasteiger partial charge in [-0.2, -0.15) is 5.10 Å². The van der Waals surface area contributed by atoms with Gasteiger partial charge in [-0.15, -0.1) is 0 Å². The number of carbonyl (C=O) groups is 1. The van der Waals surface area contributed by atoms with Gasteiger partial charge in [0, 0.05) is 44.3 Å². The van der Waals surface area contributed by atoms with Crippen LogP contribution in [0.1, 0.15) is 37.1 Å². The SMILES string of the molecule is COCCN1C[C@@H](NC(=O)Nc2c(-c3ccccc3)nn(C(C)C)c2C)[C@H](c2ccc(F)c(F)c2)C1. The molecule has 0 radical (unpaired) electrons. The van der Waals surface area contributed by atoms with E-state index in [0.717, 1.165) is 17.3 Å². The minimum Gasteiger partial charge on any atom is -0.383 e. The van der Waals surface area contributed by atoms with E-state index in [4.69, 9.17) is 9.84 Å². The highest BCUT2D eigenvalue weighted by Gasteiger charge is 2.35. The molecule has 192 valence electrons. The second-order valence-electron chi connectivity index (χ2n) is 9.45. The number of halogens is 2. The van der Waals surface area contributed by atoms with Crippen LogP contribution in [0.5, 0.6) is 0 Å². The van der Waals surface area contributed by atoms with Crippen molar-refractivity contribution in [2.45, 2.75) is 38.8 Å². The fraction of sp³-hybridized carbons (Fsp3) is 0.407. The zero-order valence-electron chi connectivity index (χ0n) is 21.1. The van der Waals surface area contributed by atoms with Gasteiger partial charge < -0.3 is 15.4 Å². The van der Waals surface area contributed by atoms with Gasteiger partial charge in [0.15, 0.2) is 11.6 Å². The number of amides is 2. The molecule has 4 rings (SSSR count). The molecular formula is C27H33F2N5O2. The number of ether oxygens (including phenoxy) is 1. The Balaban J connectivity index is 1.57. The molecule has 1 saturated heterocycles. The van der Waals surface area contributed by atoms with E-state index in [1.54, 1.807) is 13.2 Å². The maximum absolute atomic E-state index is 14.0. The molecule has 3 aromatic rings. The van der Waals surface area contributed by atoms with Gasteiger partial charge >= 0.3 is 6.03 Å². The molecule has 1 aromatic heterocycles. The van der Waals surface area contributed by atoms with E-state index in [-0.39, 0.29) is 24.0 Å². The van der Waals surface area contributed by atoms with Gasteiger partial charge in [-0.25, -0.2) is 13.6 Å². The zero-order chi connectivity index (χ0) is 25.8. The molecule has 2 heterocycles. The summed E-state index contributed by atoms with van der Waals surface area (Å²) in [6.45, 7) is 8.39. The van der Waals surface area contributed by atoms with Crippen molar-refractivity contribution >= 4 is 11.7 Å². The molecule has 2 atom stereocenters. The third-order valence-corrected chi connectivity index (χ3v) is 6.62. The summed E-state index contributed by atoms with van der Waals surface area (Å²) in [6.07, 6.45) is 0. The largest absolute Gasteiger partial charge is 0.383 e. The molecule has 1 aliphatic heterocycles. The highest BCUT2D eigenvalue weighted by atomic mass is 19.2. The minimum absolute atomic E-state index is 0.119. The number of carbonyl (C=O) groups excluding carboxylic acids is 1. The van der Waals surface area contributed by atoms with Crippen LogP contribution in [0, 0.1) is 18.6 Å². The van der Waals surface area contributed by atoms with Crippen LogP contribution in [-0.2, 0) is 4.74 Å². The number of hydrogen-bond donors (Lipinski definition) is 2. The van der Waals surface area contributed by atoms with Gasteiger partial charge in [0.1, 0.15) is 5.69 Å². The summed E-state index contributed by atoms with van der Waals surface area (Å²) in [5.41, 5.74) is 3.74. The van der Waals surface area contributed by atoms with Crippen LogP contribution in [0.2, 0.25) is 0 Å². The van der Waals surface area contributed by atoms with Gasteiger partial charge in [-0.05, 0) is 38.5 Å². The van der Waals surface area contributed by atoms with E-state index < -0.39 is 11.6 Å². The maximum atomic E-state index is 14.0. The predicted octanol–water partition coefficient (Wildman–Crippen LogP) is 4.95. The Morgan fingerprint density at radius 2 is 1.89 bits per heavy atom. The Kier molecular flexibility index (Phi) is 8.01. The Morgan fingerprint density at radius 3 is 2.56 bits per heavy atom. The first-order chi connectivity index (χ1) is 17.3. The first kappa shape index (κ1) is 25.8. The number of likely N-dealkylation sites (tertiary alicyclic amines) is 1. The molecule has 0 unspecified atom stereocenters. The molecule has 7 nitrogen and oxygen atoms in total. The normalized spacial score (nSPS) is 18.1. The summed E-state index contributed by atoms with van der Waals surface area (Å²) >= 11 is 0. The number of rotatable bonds is 8. The number of nitrogens with one attached hydrogen (secondary N) is 2. The number of hydrogen-bond acceptors (Lipinski definition) is 4. The van der Waals surface area contributed by atoms with E-state index in [0.29, 0.717) is 43.2 Å². The van der Waals surface area contributed by atoms with Crippen LogP contribution in [0.25, 0.3) is 11.3 Å². The van der Waals surface area contributed by atoms with Crippen LogP contribution >= 0.6 is 0 Å². The van der Waals surface area contributed by atoms with Crippen molar-refractivity contribution in [2.75, 3.05) is 38.7 Å². The molecule has 36 heavy (non-hydrogen) atoms. The molecule has 9 heteroatoms. The van der Waals surface area contributed by atoms with Gasteiger partial charge in [0.2, 0.25) is 0 Å². The van der Waals surface area contributed by atoms with E-state index >= 15 is 0 Å². The fourth-order valence-electron chi connectivity index (χ4n) is 4.80. The summed E-state index contributed by atoms with van der Waals surface area (Å²) in [7, 11) is 1.63. The van der Waals surface area contributed by atoms with Crippen molar-refractivity contribution in [1.29, 1.82) is 0 Å². The van der Waals surface area contributed by atoms with Gasteiger partial charge in [-0.3, -0.25) is 9.58 Å². The van der Waals surface area contributed by atoms with E-state index in [1.807, 2.05) is 55.8 Å². The lowest BCUT2D eigenvalue weighted by atomic mass is 9.94. The van der Waals surface area contributed by atoms with E-state index in [9.17, 15) is 13.6 Å². The number of anilines is 1. The molecule has 1 aliphatic rings. The van der Waals surface area contributed by atoms with Crippen molar-refractivity contribution in [3.63, 3.8) is 0 Å². The molecule has 2 N–H and O–H groups in total. The van der Waals surface area contributed by atoms with E-state index in [2.05, 4.69) is 15.5 Å². The van der Waals surface area contributed by atoms with Gasteiger partial charge in [0.05, 0.1) is 24.0 Å². The average Bonchev–Trinajstić information content (AvgIpc) is 3.41. The Hall–Kier alpha value is -3.30. The highest BCUT2D eigenvalue weighted by molar-refractivity contribution is 5.94. The second kappa shape index (κ2) is 11.2. The molecule has 0 aliphatic carbocycles. The zero-order valence-corrected chi connectivity index (χ0v) is 21.1. The molecule has 0 spiro atoms. The lowest BCUT2D eigenvalue weighted by Gasteiger charge is -2.21. The maximum Gasteiger partial charge on any atom is 0.319 e. The quantitative estimate of drug-likeness (QED) is 0.462. The Bertz CT molecular complexity index is 1200. The Labute approximate surface area is 210 Å². The number of methoxy groups -OCH3 is 1. The summed E-state index contributed by atoms with van der Waals surface area (Å²) in [4.78, 5) is 15.4. The van der Waals surface area contributed by atoms with Crippen molar-refractivity contribution in [3.8, 4) is 11.3 Å². The standard InChI is InChI=1S/C27H33F2N5O2/c1-17(2)34-18(3)25(26(32-34)19-8-6-5-7-9-19)31-27(35)30-24-16-33(12-13-36-4)15-21(24)20-10-11-22(28)23(29)14-20/h5-11,14,17,21,24H,12-13,15-16H2,1-4H3,(H2,30,31,35)/t21-,24+/m0/s1. The third kappa shape index (κ3) is 5.57. The third-order valence-electron chi connectivity index (χ3n) is 6.62. The van der Waals surface area contributed by atoms with Crippen molar-refractivity contribution < 1.29 is 18.3 Å². The van der Waals surface area contributed by atoms with Crippen molar-refractivity contribution in [2.24, 2.45) is 0 Å². The summed E-state index contributed by atoms with van der Waals surface area (Å²) in [6, 6.07) is 13.1. The van der Waals surface area contributed by atoms with Crippen LogP contribution in [-0.4, -0.2) is 60.1 Å². The fourth-order valence-corrected chi connectivity index (χ4v) is 4.80. The highest BCUT2D eigenvalue weighted by Crippen LogP contribution is 2.32. The predicted molar refractivity (Wildman–Crippen MR) is 136 cm³/mol. The molecular weight excluding hydrogens is 464 g/mol. The summed E-state index contributed by atoms with van der Waals surface area (Å²) < 4.78 is 34.7. The number of nitrogens with zero attached hydrogens (tertiary/aromatic N) is 3. The topological polar surface area (TPSA) is 71.4 Å². The van der Waals surface area contributed by atoms with Gasteiger partial charge in [0.25, 0.3) is 0 Å². The van der Waals surface area contributed by atoms with Gasteiger partial charge in [-0.1, -0.05) is 36.4 Å². The first-order valence-electron chi connectivity index (χ1n) is 12.2. The van der Waals surface area contributed by atoms with Crippen LogP contribution in [0.3, 0.4) is 0 Å². The van der Waals surface area contributed by atoms with E-state index in [1.165, 1.54) is 6.07 Å². The van der Waals surface area contributed by atoms with Crippen molar-refractivity contribution in [1.82, 2.24) is 20.0 Å². The van der Waals surface area contributed by atoms with Crippen molar-refractivity contribution in [3.05, 3.63) is 71.4 Å². The molecule has 0 bridgehead atoms. The Morgan fingerprint density at radius 1 is 1.14 bits per heavy atom. The summed E-state index contributed by atoms with van der Waals surface area (Å²) in [5.74, 6) is -1.98. The molecule has 2 amide bonds. The number of urea groups is 1. The first-order valence-corrected chi connectivity index (χ1v) is 12.2. The minimum atomic E-state index is -0.893. The van der Waals surface area contributed by atoms with Crippen LogP contribution < -0.4 is 10.6 Å². The lowest BCUT2D eigenvalue weighted by Crippen LogP contribution is -2.42. The lowest BCUT2D eigenvalue weighted by molar-refractivity contribution is 0.159. The molecule has 2 aromatic carbocycles. The second-order valence-corrected chi connectivity index (χ2v) is 9.45. The average molecular weight is 498 g/mol. The molecule has 0 saturated carbocycles. The number of benzene rings is 2. The number of aromatic nitrogens is 2. The molecule has 1 fully saturated rings. The van der Waals surface area contributed by atoms with Crippen LogP contribution in [0.15, 0.2) is 48.5 Å². The summed E-state index contributed by atoms with van der Waals surface area (Å²) in [5, 5.41) is 10.9. The monoisotopic (exact) mass is 497 g/mol.